The Hall–Kier alpha value is -2.00. The molecule has 0 radical (unpaired) electrons. The summed E-state index contributed by atoms with van der Waals surface area (Å²) in [5.41, 5.74) is 5.27. The van der Waals surface area contributed by atoms with E-state index in [1.165, 1.54) is 22.3 Å². The Bertz CT molecular complexity index is 664. The summed E-state index contributed by atoms with van der Waals surface area (Å²) >= 11 is 0. The molecule has 108 valence electrons. The molecule has 0 amide bonds. The van der Waals surface area contributed by atoms with Crippen LogP contribution in [0.4, 0.5) is 0 Å². The molecule has 0 bridgehead atoms. The average molecular weight is 281 g/mol. The minimum Gasteiger partial charge on any atom is -0.486 e. The van der Waals surface area contributed by atoms with E-state index in [4.69, 9.17) is 9.47 Å². The van der Waals surface area contributed by atoms with Crippen molar-refractivity contribution in [3.05, 3.63) is 58.7 Å². The molecule has 0 aromatic heterocycles. The van der Waals surface area contributed by atoms with Gasteiger partial charge < -0.3 is 14.8 Å². The highest BCUT2D eigenvalue weighted by Gasteiger charge is 2.25. The largest absolute Gasteiger partial charge is 0.486 e. The van der Waals surface area contributed by atoms with E-state index >= 15 is 0 Å². The van der Waals surface area contributed by atoms with Gasteiger partial charge in [-0.25, -0.2) is 0 Å². The van der Waals surface area contributed by atoms with Gasteiger partial charge in [0, 0.05) is 6.54 Å². The molecule has 3 heteroatoms. The third kappa shape index (κ3) is 2.28. The Labute approximate surface area is 124 Å². The zero-order chi connectivity index (χ0) is 14.2. The van der Waals surface area contributed by atoms with E-state index in [0.717, 1.165) is 24.5 Å². The summed E-state index contributed by atoms with van der Waals surface area (Å²) in [6.07, 6.45) is 1.04. The van der Waals surface area contributed by atoms with Crippen molar-refractivity contribution in [2.75, 3.05) is 19.8 Å². The van der Waals surface area contributed by atoms with E-state index in [9.17, 15) is 0 Å². The van der Waals surface area contributed by atoms with Gasteiger partial charge in [-0.05, 0) is 42.2 Å². The number of aryl methyl sites for hydroxylation is 1. The minimum atomic E-state index is 0.241. The molecular weight excluding hydrogens is 262 g/mol. The monoisotopic (exact) mass is 281 g/mol. The first-order chi connectivity index (χ1) is 10.3. The molecule has 0 saturated heterocycles. The zero-order valence-electron chi connectivity index (χ0n) is 12.2. The Morgan fingerprint density at radius 2 is 1.71 bits per heavy atom. The topological polar surface area (TPSA) is 30.5 Å². The van der Waals surface area contributed by atoms with Crippen LogP contribution in [0, 0.1) is 6.92 Å². The number of rotatable bonds is 1. The number of fused-ring (bicyclic) bond motifs is 2. The van der Waals surface area contributed by atoms with E-state index < -0.39 is 0 Å². The lowest BCUT2D eigenvalue weighted by molar-refractivity contribution is 0.171. The molecule has 1 N–H and O–H groups in total. The maximum atomic E-state index is 5.74. The van der Waals surface area contributed by atoms with Gasteiger partial charge in [-0.2, -0.15) is 0 Å². The van der Waals surface area contributed by atoms with Gasteiger partial charge in [-0.1, -0.05) is 29.8 Å². The van der Waals surface area contributed by atoms with Gasteiger partial charge in [0.25, 0.3) is 0 Å². The lowest BCUT2D eigenvalue weighted by Crippen LogP contribution is -2.31. The molecule has 2 aliphatic rings. The molecule has 2 aromatic rings. The van der Waals surface area contributed by atoms with Crippen LogP contribution in [-0.2, 0) is 6.42 Å². The Balaban J connectivity index is 1.78. The maximum absolute atomic E-state index is 5.74. The fourth-order valence-corrected chi connectivity index (χ4v) is 3.15. The number of benzene rings is 2. The number of hydrogen-bond donors (Lipinski definition) is 1. The van der Waals surface area contributed by atoms with Crippen LogP contribution < -0.4 is 14.8 Å². The summed E-state index contributed by atoms with van der Waals surface area (Å²) in [7, 11) is 0. The SMILES string of the molecule is Cc1ccc(C2NCCc3cc4c(cc32)OCCO4)cc1. The van der Waals surface area contributed by atoms with Crippen LogP contribution in [0.2, 0.25) is 0 Å². The lowest BCUT2D eigenvalue weighted by Gasteiger charge is -2.30. The molecule has 4 rings (SSSR count). The van der Waals surface area contributed by atoms with Crippen LogP contribution >= 0.6 is 0 Å². The van der Waals surface area contributed by atoms with Crippen LogP contribution in [0.25, 0.3) is 0 Å². The van der Waals surface area contributed by atoms with Crippen LogP contribution in [0.3, 0.4) is 0 Å². The Morgan fingerprint density at radius 1 is 1.00 bits per heavy atom. The Kier molecular flexibility index (Phi) is 3.08. The first-order valence-electron chi connectivity index (χ1n) is 7.53. The minimum absolute atomic E-state index is 0.241. The first-order valence-corrected chi connectivity index (χ1v) is 7.53. The highest BCUT2D eigenvalue weighted by atomic mass is 16.6. The molecule has 3 nitrogen and oxygen atoms in total. The molecule has 0 saturated carbocycles. The summed E-state index contributed by atoms with van der Waals surface area (Å²) in [5, 5.41) is 3.62. The van der Waals surface area contributed by atoms with Crippen LogP contribution in [-0.4, -0.2) is 19.8 Å². The first kappa shape index (κ1) is 12.7. The molecule has 2 aliphatic heterocycles. The van der Waals surface area contributed by atoms with Crippen molar-refractivity contribution < 1.29 is 9.47 Å². The smallest absolute Gasteiger partial charge is 0.161 e. The molecule has 0 aliphatic carbocycles. The van der Waals surface area contributed by atoms with Crippen LogP contribution in [0.5, 0.6) is 11.5 Å². The maximum Gasteiger partial charge on any atom is 0.161 e. The average Bonchev–Trinajstić information content (AvgIpc) is 2.53. The summed E-state index contributed by atoms with van der Waals surface area (Å²) in [4.78, 5) is 0. The van der Waals surface area contributed by atoms with Gasteiger partial charge in [0.05, 0.1) is 6.04 Å². The molecule has 1 unspecified atom stereocenters. The molecule has 21 heavy (non-hydrogen) atoms. The van der Waals surface area contributed by atoms with Gasteiger partial charge in [-0.3, -0.25) is 0 Å². The molecule has 0 fully saturated rings. The third-order valence-corrected chi connectivity index (χ3v) is 4.27. The van der Waals surface area contributed by atoms with Crippen molar-refractivity contribution in [3.63, 3.8) is 0 Å². The van der Waals surface area contributed by atoms with Crippen molar-refractivity contribution in [1.82, 2.24) is 5.32 Å². The predicted octanol–water partition coefficient (Wildman–Crippen LogP) is 3.00. The van der Waals surface area contributed by atoms with Crippen molar-refractivity contribution in [3.8, 4) is 11.5 Å². The van der Waals surface area contributed by atoms with Crippen LogP contribution in [0.1, 0.15) is 28.3 Å². The molecule has 2 aromatic carbocycles. The van der Waals surface area contributed by atoms with Crippen molar-refractivity contribution in [2.24, 2.45) is 0 Å². The molecule has 0 spiro atoms. The van der Waals surface area contributed by atoms with Gasteiger partial charge in [-0.15, -0.1) is 0 Å². The fourth-order valence-electron chi connectivity index (χ4n) is 3.15. The summed E-state index contributed by atoms with van der Waals surface area (Å²) in [6.45, 7) is 4.39. The molecule has 1 atom stereocenters. The number of nitrogens with one attached hydrogen (secondary N) is 1. The second-order valence-electron chi connectivity index (χ2n) is 5.74. The van der Waals surface area contributed by atoms with Gasteiger partial charge >= 0.3 is 0 Å². The summed E-state index contributed by atoms with van der Waals surface area (Å²) in [5.74, 6) is 1.77. The van der Waals surface area contributed by atoms with Crippen LogP contribution in [0.15, 0.2) is 36.4 Å². The van der Waals surface area contributed by atoms with Gasteiger partial charge in [0.2, 0.25) is 0 Å². The highest BCUT2D eigenvalue weighted by Crippen LogP contribution is 2.38. The third-order valence-electron chi connectivity index (χ3n) is 4.27. The normalized spacial score (nSPS) is 20.0. The number of ether oxygens (including phenoxy) is 2. The molecule has 2 heterocycles. The molecular formula is C18H19NO2. The van der Waals surface area contributed by atoms with E-state index in [2.05, 4.69) is 48.6 Å². The van der Waals surface area contributed by atoms with E-state index in [0.29, 0.717) is 13.2 Å². The van der Waals surface area contributed by atoms with Crippen molar-refractivity contribution in [2.45, 2.75) is 19.4 Å². The van der Waals surface area contributed by atoms with Crippen molar-refractivity contribution >= 4 is 0 Å². The summed E-state index contributed by atoms with van der Waals surface area (Å²) in [6, 6.07) is 13.3. The fraction of sp³-hybridized carbons (Fsp3) is 0.333. The second-order valence-corrected chi connectivity index (χ2v) is 5.74. The predicted molar refractivity (Wildman–Crippen MR) is 82.2 cm³/mol. The standard InChI is InChI=1S/C18H19NO2/c1-12-2-4-13(5-3-12)18-15-11-17-16(20-8-9-21-17)10-14(15)6-7-19-18/h2-5,10-11,18-19H,6-9H2,1H3. The van der Waals surface area contributed by atoms with E-state index in [1.54, 1.807) is 0 Å². The zero-order valence-corrected chi connectivity index (χ0v) is 12.2. The van der Waals surface area contributed by atoms with Gasteiger partial charge in [0.1, 0.15) is 13.2 Å². The summed E-state index contributed by atoms with van der Waals surface area (Å²) < 4.78 is 11.4. The number of hydrogen-bond acceptors (Lipinski definition) is 3. The van der Waals surface area contributed by atoms with Gasteiger partial charge in [0.15, 0.2) is 11.5 Å². The Morgan fingerprint density at radius 3 is 2.48 bits per heavy atom. The van der Waals surface area contributed by atoms with E-state index in [-0.39, 0.29) is 6.04 Å². The van der Waals surface area contributed by atoms with E-state index in [1.807, 2.05) is 0 Å². The quantitative estimate of drug-likeness (QED) is 0.871. The second kappa shape index (κ2) is 5.08. The lowest BCUT2D eigenvalue weighted by atomic mass is 9.89. The van der Waals surface area contributed by atoms with Crippen molar-refractivity contribution in [1.29, 1.82) is 0 Å². The highest BCUT2D eigenvalue weighted by molar-refractivity contribution is 5.52.